The van der Waals surface area contributed by atoms with E-state index in [2.05, 4.69) is 15.4 Å². The van der Waals surface area contributed by atoms with Crippen molar-refractivity contribution in [2.75, 3.05) is 31.2 Å². The third kappa shape index (κ3) is 4.31. The molecule has 0 aromatic heterocycles. The highest BCUT2D eigenvalue weighted by Gasteiger charge is 2.16. The molecule has 20 heavy (non-hydrogen) atoms. The molecule has 1 aromatic carbocycles. The molecule has 110 valence electrons. The van der Waals surface area contributed by atoms with E-state index in [0.717, 1.165) is 0 Å². The van der Waals surface area contributed by atoms with Crippen LogP contribution in [0.1, 0.15) is 23.7 Å². The number of rotatable bonds is 6. The van der Waals surface area contributed by atoms with Gasteiger partial charge in [0.2, 0.25) is 5.91 Å². The Balaban J connectivity index is 2.83. The fourth-order valence-electron chi connectivity index (χ4n) is 1.66. The zero-order valence-electron chi connectivity index (χ0n) is 11.5. The van der Waals surface area contributed by atoms with E-state index >= 15 is 0 Å². The minimum Gasteiger partial charge on any atom is -0.465 e. The number of nitrogens with one attached hydrogen (secondary N) is 2. The lowest BCUT2D eigenvalue weighted by atomic mass is 10.1. The van der Waals surface area contributed by atoms with Gasteiger partial charge in [-0.2, -0.15) is 0 Å². The molecule has 0 atom stereocenters. The van der Waals surface area contributed by atoms with E-state index in [1.54, 1.807) is 0 Å². The second kappa shape index (κ2) is 7.59. The van der Waals surface area contributed by atoms with Crippen molar-refractivity contribution < 1.29 is 14.3 Å². The number of nitrogen functional groups attached to an aromatic ring is 1. The Morgan fingerprint density at radius 1 is 1.40 bits per heavy atom. The van der Waals surface area contributed by atoms with Gasteiger partial charge < -0.3 is 21.1 Å². The summed E-state index contributed by atoms with van der Waals surface area (Å²) in [5.74, 6) is -0.620. The van der Waals surface area contributed by atoms with Crippen LogP contribution in [0.3, 0.4) is 0 Å². The minimum atomic E-state index is -0.542. The molecule has 0 radical (unpaired) electrons. The van der Waals surface area contributed by atoms with Crippen molar-refractivity contribution in [3.63, 3.8) is 0 Å². The predicted molar refractivity (Wildman–Crippen MR) is 79.0 cm³/mol. The first-order valence-corrected chi connectivity index (χ1v) is 6.55. The quantitative estimate of drug-likeness (QED) is 0.548. The number of carbonyl (C=O) groups is 2. The molecule has 0 aliphatic carbocycles. The molecule has 0 aliphatic rings. The monoisotopic (exact) mass is 299 g/mol. The predicted octanol–water partition coefficient (Wildman–Crippen LogP) is 1.65. The van der Waals surface area contributed by atoms with Gasteiger partial charge in [-0.15, -0.1) is 0 Å². The molecular formula is C13H18ClN3O3. The number of nitrogens with two attached hydrogens (primary N) is 1. The summed E-state index contributed by atoms with van der Waals surface area (Å²) in [5, 5.41) is 5.95. The molecule has 0 bridgehead atoms. The molecule has 7 heteroatoms. The van der Waals surface area contributed by atoms with Crippen LogP contribution in [0, 0.1) is 0 Å². The molecule has 1 aromatic rings. The Morgan fingerprint density at radius 2 is 2.10 bits per heavy atom. The van der Waals surface area contributed by atoms with Gasteiger partial charge in [0.1, 0.15) is 0 Å². The normalized spacial score (nSPS) is 9.95. The summed E-state index contributed by atoms with van der Waals surface area (Å²) in [6.07, 6.45) is 0.273. The molecular weight excluding hydrogens is 282 g/mol. The van der Waals surface area contributed by atoms with Crippen molar-refractivity contribution in [2.24, 2.45) is 0 Å². The molecule has 0 saturated heterocycles. The fraction of sp³-hybridized carbons (Fsp3) is 0.385. The molecule has 0 aliphatic heterocycles. The van der Waals surface area contributed by atoms with Crippen molar-refractivity contribution in [1.82, 2.24) is 5.32 Å². The first-order valence-electron chi connectivity index (χ1n) is 6.17. The van der Waals surface area contributed by atoms with E-state index in [1.807, 2.05) is 6.92 Å². The lowest BCUT2D eigenvalue weighted by molar-refractivity contribution is -0.120. The number of hydrogen-bond donors (Lipinski definition) is 3. The first-order chi connectivity index (χ1) is 9.49. The highest BCUT2D eigenvalue weighted by atomic mass is 35.5. The molecule has 1 amide bonds. The third-order valence-corrected chi connectivity index (χ3v) is 2.84. The number of hydrogen-bond acceptors (Lipinski definition) is 5. The molecule has 0 fully saturated rings. The molecule has 0 spiro atoms. The van der Waals surface area contributed by atoms with E-state index in [-0.39, 0.29) is 17.9 Å². The standard InChI is InChI=1S/C13H18ClN3O3/c1-3-16-11(18)4-5-17-12-9(13(19)20-2)6-8(15)7-10(12)14/h6-7,17H,3-5,15H2,1-2H3,(H,16,18). The van der Waals surface area contributed by atoms with Gasteiger partial charge in [0.15, 0.2) is 0 Å². The van der Waals surface area contributed by atoms with E-state index in [9.17, 15) is 9.59 Å². The summed E-state index contributed by atoms with van der Waals surface area (Å²) >= 11 is 6.06. The lowest BCUT2D eigenvalue weighted by Crippen LogP contribution is -2.25. The van der Waals surface area contributed by atoms with Crippen LogP contribution in [0.2, 0.25) is 5.02 Å². The summed E-state index contributed by atoms with van der Waals surface area (Å²) < 4.78 is 4.68. The molecule has 1 rings (SSSR count). The zero-order valence-corrected chi connectivity index (χ0v) is 12.2. The number of esters is 1. The Morgan fingerprint density at radius 3 is 2.70 bits per heavy atom. The average Bonchev–Trinajstić information content (AvgIpc) is 2.40. The Hall–Kier alpha value is -1.95. The van der Waals surface area contributed by atoms with Crippen LogP contribution in [0.15, 0.2) is 12.1 Å². The molecule has 0 heterocycles. The molecule has 0 saturated carbocycles. The minimum absolute atomic E-state index is 0.0776. The summed E-state index contributed by atoms with van der Waals surface area (Å²) in [7, 11) is 1.28. The van der Waals surface area contributed by atoms with Crippen molar-refractivity contribution in [3.05, 3.63) is 22.7 Å². The second-order valence-electron chi connectivity index (χ2n) is 4.05. The van der Waals surface area contributed by atoms with Crippen LogP contribution in [-0.4, -0.2) is 32.1 Å². The number of anilines is 2. The van der Waals surface area contributed by atoms with Crippen LogP contribution in [-0.2, 0) is 9.53 Å². The van der Waals surface area contributed by atoms with E-state index < -0.39 is 5.97 Å². The van der Waals surface area contributed by atoms with Gasteiger partial charge in [-0.05, 0) is 19.1 Å². The van der Waals surface area contributed by atoms with Crippen LogP contribution in [0.25, 0.3) is 0 Å². The van der Waals surface area contributed by atoms with Crippen molar-refractivity contribution in [2.45, 2.75) is 13.3 Å². The topological polar surface area (TPSA) is 93.5 Å². The van der Waals surface area contributed by atoms with Gasteiger partial charge in [0.05, 0.1) is 23.4 Å². The number of methoxy groups -OCH3 is 1. The van der Waals surface area contributed by atoms with Crippen LogP contribution in [0.5, 0.6) is 0 Å². The summed E-state index contributed by atoms with van der Waals surface area (Å²) in [4.78, 5) is 23.0. The van der Waals surface area contributed by atoms with Crippen LogP contribution < -0.4 is 16.4 Å². The van der Waals surface area contributed by atoms with E-state index in [4.69, 9.17) is 17.3 Å². The van der Waals surface area contributed by atoms with Gasteiger partial charge in [0.25, 0.3) is 0 Å². The van der Waals surface area contributed by atoms with Gasteiger partial charge in [-0.3, -0.25) is 4.79 Å². The molecule has 4 N–H and O–H groups in total. The summed E-state index contributed by atoms with van der Waals surface area (Å²) in [6.45, 7) is 2.77. The number of halogens is 1. The number of carbonyl (C=O) groups excluding carboxylic acids is 2. The lowest BCUT2D eigenvalue weighted by Gasteiger charge is -2.13. The summed E-state index contributed by atoms with van der Waals surface area (Å²) in [6, 6.07) is 3.01. The smallest absolute Gasteiger partial charge is 0.340 e. The van der Waals surface area contributed by atoms with Crippen molar-refractivity contribution >= 4 is 34.9 Å². The maximum atomic E-state index is 11.7. The zero-order chi connectivity index (χ0) is 15.1. The molecule has 6 nitrogen and oxygen atoms in total. The Kier molecular flexibility index (Phi) is 6.11. The van der Waals surface area contributed by atoms with Crippen molar-refractivity contribution in [3.8, 4) is 0 Å². The van der Waals surface area contributed by atoms with Crippen molar-refractivity contribution in [1.29, 1.82) is 0 Å². The SMILES string of the molecule is CCNC(=O)CCNc1c(Cl)cc(N)cc1C(=O)OC. The van der Waals surface area contributed by atoms with Gasteiger partial charge >= 0.3 is 5.97 Å². The number of ether oxygens (including phenoxy) is 1. The second-order valence-corrected chi connectivity index (χ2v) is 4.45. The Labute approximate surface area is 122 Å². The van der Waals surface area contributed by atoms with Gasteiger partial charge in [0, 0.05) is 25.2 Å². The van der Waals surface area contributed by atoms with Crippen LogP contribution >= 0.6 is 11.6 Å². The number of amides is 1. The first kappa shape index (κ1) is 16.1. The molecule has 0 unspecified atom stereocenters. The van der Waals surface area contributed by atoms with Gasteiger partial charge in [-0.25, -0.2) is 4.79 Å². The largest absolute Gasteiger partial charge is 0.465 e. The third-order valence-electron chi connectivity index (χ3n) is 2.55. The Bertz CT molecular complexity index is 506. The fourth-order valence-corrected chi connectivity index (χ4v) is 1.96. The highest BCUT2D eigenvalue weighted by molar-refractivity contribution is 6.34. The number of benzene rings is 1. The average molecular weight is 300 g/mol. The maximum Gasteiger partial charge on any atom is 0.340 e. The van der Waals surface area contributed by atoms with Gasteiger partial charge in [-0.1, -0.05) is 11.6 Å². The van der Waals surface area contributed by atoms with Crippen LogP contribution in [0.4, 0.5) is 11.4 Å². The highest BCUT2D eigenvalue weighted by Crippen LogP contribution is 2.29. The summed E-state index contributed by atoms with van der Waals surface area (Å²) in [5.41, 5.74) is 6.68. The maximum absolute atomic E-state index is 11.7. The van der Waals surface area contributed by atoms with E-state index in [0.29, 0.717) is 29.5 Å². The van der Waals surface area contributed by atoms with E-state index in [1.165, 1.54) is 19.2 Å².